The van der Waals surface area contributed by atoms with E-state index in [1.165, 1.54) is 0 Å². The van der Waals surface area contributed by atoms with E-state index in [9.17, 15) is 9.59 Å². The zero-order chi connectivity index (χ0) is 13.8. The van der Waals surface area contributed by atoms with Crippen LogP contribution in [0.1, 0.15) is 18.4 Å². The van der Waals surface area contributed by atoms with Crippen molar-refractivity contribution in [2.75, 3.05) is 18.4 Å². The summed E-state index contributed by atoms with van der Waals surface area (Å²) < 4.78 is 0. The van der Waals surface area contributed by atoms with Gasteiger partial charge < -0.3 is 16.0 Å². The lowest BCUT2D eigenvalue weighted by Gasteiger charge is -2.31. The minimum Gasteiger partial charge on any atom is -0.369 e. The van der Waals surface area contributed by atoms with Crippen LogP contribution in [0.15, 0.2) is 24.3 Å². The van der Waals surface area contributed by atoms with E-state index < -0.39 is 0 Å². The van der Waals surface area contributed by atoms with Crippen LogP contribution in [0.4, 0.5) is 10.5 Å². The van der Waals surface area contributed by atoms with Crippen molar-refractivity contribution in [3.8, 4) is 0 Å². The number of nitrogens with one attached hydrogen (secondary N) is 1. The number of amides is 3. The van der Waals surface area contributed by atoms with Crippen LogP contribution in [-0.4, -0.2) is 29.9 Å². The molecular formula is C14H19N3O2. The van der Waals surface area contributed by atoms with Crippen molar-refractivity contribution in [2.45, 2.75) is 19.8 Å². The number of aryl methyl sites for hydroxylation is 1. The second-order valence-corrected chi connectivity index (χ2v) is 4.99. The topological polar surface area (TPSA) is 75.4 Å². The summed E-state index contributed by atoms with van der Waals surface area (Å²) in [5.41, 5.74) is 7.16. The molecule has 0 radical (unpaired) electrons. The van der Waals surface area contributed by atoms with Crippen molar-refractivity contribution in [1.82, 2.24) is 4.90 Å². The lowest BCUT2D eigenvalue weighted by atomic mass is 9.98. The molecule has 3 N–H and O–H groups in total. The fourth-order valence-electron chi connectivity index (χ4n) is 2.32. The van der Waals surface area contributed by atoms with Crippen LogP contribution in [0.25, 0.3) is 0 Å². The van der Waals surface area contributed by atoms with Crippen LogP contribution >= 0.6 is 0 Å². The zero-order valence-electron chi connectivity index (χ0n) is 11.1. The minimum atomic E-state index is -0.326. The van der Waals surface area contributed by atoms with Crippen molar-refractivity contribution in [1.29, 1.82) is 0 Å². The van der Waals surface area contributed by atoms with Crippen molar-refractivity contribution >= 4 is 17.6 Å². The van der Waals surface area contributed by atoms with Crippen LogP contribution in [-0.2, 0) is 4.79 Å². The molecule has 1 aliphatic rings. The first-order chi connectivity index (χ1) is 9.06. The molecule has 1 aromatic rings. The summed E-state index contributed by atoms with van der Waals surface area (Å²) in [6.07, 6.45) is 1.58. The van der Waals surface area contributed by atoms with Gasteiger partial charge in [-0.05, 0) is 37.5 Å². The molecular weight excluding hydrogens is 242 g/mol. The van der Waals surface area contributed by atoms with Crippen LogP contribution < -0.4 is 11.1 Å². The molecule has 0 spiro atoms. The van der Waals surface area contributed by atoms with E-state index in [-0.39, 0.29) is 17.9 Å². The summed E-state index contributed by atoms with van der Waals surface area (Å²) in [6.45, 7) is 3.05. The van der Waals surface area contributed by atoms with Gasteiger partial charge in [-0.2, -0.15) is 0 Å². The Morgan fingerprint density at radius 1 is 1.42 bits per heavy atom. The number of hydrogen-bond donors (Lipinski definition) is 2. The fourth-order valence-corrected chi connectivity index (χ4v) is 2.32. The van der Waals surface area contributed by atoms with Gasteiger partial charge in [0, 0.05) is 18.8 Å². The van der Waals surface area contributed by atoms with Crippen LogP contribution in [0.2, 0.25) is 0 Å². The lowest BCUT2D eigenvalue weighted by Crippen LogP contribution is -2.45. The predicted octanol–water partition coefficient (Wildman–Crippen LogP) is 1.72. The van der Waals surface area contributed by atoms with E-state index in [1.807, 2.05) is 31.2 Å². The Bertz CT molecular complexity index is 487. The number of primary amides is 1. The molecule has 5 heteroatoms. The second-order valence-electron chi connectivity index (χ2n) is 4.99. The van der Waals surface area contributed by atoms with Crippen molar-refractivity contribution in [2.24, 2.45) is 11.7 Å². The SMILES string of the molecule is Cc1cccc(NC(=O)N2CCC[C@@H](C(N)=O)C2)c1. The van der Waals surface area contributed by atoms with E-state index in [1.54, 1.807) is 4.90 Å². The highest BCUT2D eigenvalue weighted by atomic mass is 16.2. The standard InChI is InChI=1S/C14H19N3O2/c1-10-4-2-6-12(8-10)16-14(19)17-7-3-5-11(9-17)13(15)18/h2,4,6,8,11H,3,5,7,9H2,1H3,(H2,15,18)(H,16,19)/t11-/m1/s1. The quantitative estimate of drug-likeness (QED) is 0.850. The number of piperidine rings is 1. The third-order valence-corrected chi connectivity index (χ3v) is 3.38. The van der Waals surface area contributed by atoms with Gasteiger partial charge in [0.25, 0.3) is 0 Å². The van der Waals surface area contributed by atoms with E-state index in [0.29, 0.717) is 13.1 Å². The zero-order valence-corrected chi connectivity index (χ0v) is 11.1. The average molecular weight is 261 g/mol. The number of hydrogen-bond acceptors (Lipinski definition) is 2. The molecule has 0 bridgehead atoms. The highest BCUT2D eigenvalue weighted by molar-refractivity contribution is 5.90. The molecule has 2 rings (SSSR count). The Morgan fingerprint density at radius 3 is 2.89 bits per heavy atom. The molecule has 102 valence electrons. The largest absolute Gasteiger partial charge is 0.369 e. The molecule has 1 saturated heterocycles. The molecule has 19 heavy (non-hydrogen) atoms. The maximum Gasteiger partial charge on any atom is 0.321 e. The normalized spacial score (nSPS) is 19.0. The summed E-state index contributed by atoms with van der Waals surface area (Å²) in [4.78, 5) is 25.0. The Morgan fingerprint density at radius 2 is 2.21 bits per heavy atom. The monoisotopic (exact) mass is 261 g/mol. The fraction of sp³-hybridized carbons (Fsp3) is 0.429. The van der Waals surface area contributed by atoms with Crippen molar-refractivity contribution in [3.05, 3.63) is 29.8 Å². The van der Waals surface area contributed by atoms with Gasteiger partial charge in [-0.3, -0.25) is 4.79 Å². The van der Waals surface area contributed by atoms with Crippen LogP contribution in [0.5, 0.6) is 0 Å². The van der Waals surface area contributed by atoms with E-state index >= 15 is 0 Å². The first kappa shape index (κ1) is 13.4. The van der Waals surface area contributed by atoms with Crippen LogP contribution in [0, 0.1) is 12.8 Å². The lowest BCUT2D eigenvalue weighted by molar-refractivity contribution is -0.123. The highest BCUT2D eigenvalue weighted by Gasteiger charge is 2.26. The molecule has 0 aromatic heterocycles. The van der Waals surface area contributed by atoms with E-state index in [4.69, 9.17) is 5.73 Å². The van der Waals surface area contributed by atoms with Gasteiger partial charge in [-0.15, -0.1) is 0 Å². The Labute approximate surface area is 112 Å². The second kappa shape index (κ2) is 5.73. The van der Waals surface area contributed by atoms with Crippen molar-refractivity contribution < 1.29 is 9.59 Å². The number of benzene rings is 1. The first-order valence-electron chi connectivity index (χ1n) is 6.48. The van der Waals surface area contributed by atoms with E-state index in [0.717, 1.165) is 24.1 Å². The van der Waals surface area contributed by atoms with Gasteiger partial charge in [-0.1, -0.05) is 12.1 Å². The summed E-state index contributed by atoms with van der Waals surface area (Å²) >= 11 is 0. The summed E-state index contributed by atoms with van der Waals surface area (Å²) in [6, 6.07) is 7.46. The number of nitrogens with two attached hydrogens (primary N) is 1. The number of urea groups is 1. The Balaban J connectivity index is 1.98. The Hall–Kier alpha value is -2.04. The third-order valence-electron chi connectivity index (χ3n) is 3.38. The molecule has 0 aliphatic carbocycles. The first-order valence-corrected chi connectivity index (χ1v) is 6.48. The maximum atomic E-state index is 12.1. The van der Waals surface area contributed by atoms with Gasteiger partial charge in [0.05, 0.1) is 5.92 Å². The highest BCUT2D eigenvalue weighted by Crippen LogP contribution is 2.17. The van der Waals surface area contributed by atoms with Crippen molar-refractivity contribution in [3.63, 3.8) is 0 Å². The number of rotatable bonds is 2. The summed E-state index contributed by atoms with van der Waals surface area (Å²) in [7, 11) is 0. The number of anilines is 1. The number of carbonyl (C=O) groups is 2. The van der Waals surface area contributed by atoms with Gasteiger partial charge in [-0.25, -0.2) is 4.79 Å². The number of likely N-dealkylation sites (tertiary alicyclic amines) is 1. The summed E-state index contributed by atoms with van der Waals surface area (Å²) in [5, 5.41) is 2.85. The van der Waals surface area contributed by atoms with Gasteiger partial charge in [0.1, 0.15) is 0 Å². The molecule has 5 nitrogen and oxygen atoms in total. The molecule has 0 unspecified atom stereocenters. The van der Waals surface area contributed by atoms with Gasteiger partial charge >= 0.3 is 6.03 Å². The van der Waals surface area contributed by atoms with Crippen LogP contribution in [0.3, 0.4) is 0 Å². The molecule has 3 amide bonds. The smallest absolute Gasteiger partial charge is 0.321 e. The third kappa shape index (κ3) is 3.47. The maximum absolute atomic E-state index is 12.1. The molecule has 0 saturated carbocycles. The number of carbonyl (C=O) groups excluding carboxylic acids is 2. The molecule has 1 heterocycles. The molecule has 1 atom stereocenters. The predicted molar refractivity (Wildman–Crippen MR) is 73.7 cm³/mol. The summed E-state index contributed by atoms with van der Waals surface area (Å²) in [5.74, 6) is -0.551. The minimum absolute atomic E-state index is 0.170. The van der Waals surface area contributed by atoms with Gasteiger partial charge in [0.15, 0.2) is 0 Å². The number of nitrogens with zero attached hydrogens (tertiary/aromatic N) is 1. The molecule has 1 aromatic carbocycles. The Kier molecular flexibility index (Phi) is 4.04. The average Bonchev–Trinajstić information content (AvgIpc) is 2.39. The van der Waals surface area contributed by atoms with Gasteiger partial charge in [0.2, 0.25) is 5.91 Å². The molecule has 1 fully saturated rings. The molecule has 1 aliphatic heterocycles. The van der Waals surface area contributed by atoms with E-state index in [2.05, 4.69) is 5.32 Å².